The van der Waals surface area contributed by atoms with E-state index < -0.39 is 17.7 Å². The van der Waals surface area contributed by atoms with Crippen molar-refractivity contribution < 1.29 is 18.3 Å². The van der Waals surface area contributed by atoms with Gasteiger partial charge in [-0.2, -0.15) is 0 Å². The quantitative estimate of drug-likeness (QED) is 0.308. The fraction of sp³-hybridized carbons (Fsp3) is 0.381. The van der Waals surface area contributed by atoms with Crippen molar-refractivity contribution in [2.75, 3.05) is 41.9 Å². The average Bonchev–Trinajstić information content (AvgIpc) is 2.71. The number of guanidine groups is 1. The predicted octanol–water partition coefficient (Wildman–Crippen LogP) is 3.57. The lowest BCUT2D eigenvalue weighted by Gasteiger charge is -2.26. The van der Waals surface area contributed by atoms with Gasteiger partial charge in [-0.15, -0.1) is 24.0 Å². The molecule has 0 aliphatic rings. The minimum absolute atomic E-state index is 0. The zero-order valence-electron chi connectivity index (χ0n) is 17.8. The normalized spacial score (nSPS) is 12.2. The number of rotatable bonds is 8. The highest BCUT2D eigenvalue weighted by Crippen LogP contribution is 2.25. The second-order valence-electron chi connectivity index (χ2n) is 6.60. The smallest absolute Gasteiger partial charge is 0.191 e. The van der Waals surface area contributed by atoms with Crippen molar-refractivity contribution in [2.24, 2.45) is 4.99 Å². The van der Waals surface area contributed by atoms with E-state index >= 15 is 0 Å². The monoisotopic (exact) mass is 534 g/mol. The number of ether oxygens (including phenoxy) is 2. The highest BCUT2D eigenvalue weighted by Gasteiger charge is 2.22. The predicted molar refractivity (Wildman–Crippen MR) is 126 cm³/mol. The van der Waals surface area contributed by atoms with Gasteiger partial charge in [0.1, 0.15) is 23.1 Å². The van der Waals surface area contributed by atoms with Crippen LogP contribution in [0.1, 0.15) is 17.2 Å². The zero-order valence-corrected chi connectivity index (χ0v) is 20.2. The lowest BCUT2D eigenvalue weighted by molar-refractivity contribution is 0.282. The van der Waals surface area contributed by atoms with Gasteiger partial charge < -0.3 is 25.0 Å². The third-order valence-corrected chi connectivity index (χ3v) is 4.58. The van der Waals surface area contributed by atoms with E-state index in [1.807, 2.05) is 12.1 Å². The number of hydrogen-bond acceptors (Lipinski definition) is 4. The second kappa shape index (κ2) is 12.5. The maximum Gasteiger partial charge on any atom is 0.191 e. The summed E-state index contributed by atoms with van der Waals surface area (Å²) in [4.78, 5) is 5.94. The number of aliphatic imine (C=N–C) groups is 1. The Balaban J connectivity index is 0.00000450. The van der Waals surface area contributed by atoms with E-state index in [1.165, 1.54) is 18.2 Å². The Morgan fingerprint density at radius 1 is 1.07 bits per heavy atom. The standard InChI is InChI=1S/C21H28F2N4O2.HI/c1-24-21(25-12-14-9-10-15(28-4)11-19(14)29-5)26-13-18(27(2)3)20-16(22)7-6-8-17(20)23;/h6-11,18H,12-13H2,1-5H3,(H2,24,25,26);1H. The number of methoxy groups -OCH3 is 2. The van der Waals surface area contributed by atoms with Gasteiger partial charge in [-0.25, -0.2) is 8.78 Å². The van der Waals surface area contributed by atoms with Crippen LogP contribution in [0.4, 0.5) is 8.78 Å². The van der Waals surface area contributed by atoms with Crippen molar-refractivity contribution >= 4 is 29.9 Å². The molecule has 0 heterocycles. The van der Waals surface area contributed by atoms with Crippen LogP contribution in [0.3, 0.4) is 0 Å². The summed E-state index contributed by atoms with van der Waals surface area (Å²) in [6.45, 7) is 0.720. The van der Waals surface area contributed by atoms with Gasteiger partial charge in [-0.05, 0) is 38.4 Å². The fourth-order valence-corrected chi connectivity index (χ4v) is 2.96. The molecule has 2 N–H and O–H groups in total. The molecule has 2 rings (SSSR count). The lowest BCUT2D eigenvalue weighted by atomic mass is 10.0. The number of benzene rings is 2. The molecule has 0 bridgehead atoms. The minimum atomic E-state index is -0.573. The van der Waals surface area contributed by atoms with Crippen LogP contribution in [0.25, 0.3) is 0 Å². The van der Waals surface area contributed by atoms with Gasteiger partial charge in [-0.3, -0.25) is 4.99 Å². The molecule has 0 aliphatic carbocycles. The lowest BCUT2D eigenvalue weighted by Crippen LogP contribution is -2.41. The van der Waals surface area contributed by atoms with Gasteiger partial charge >= 0.3 is 0 Å². The summed E-state index contributed by atoms with van der Waals surface area (Å²) in [5.74, 6) is 0.750. The van der Waals surface area contributed by atoms with Gasteiger partial charge in [0, 0.05) is 37.3 Å². The Hall–Kier alpha value is -2.14. The van der Waals surface area contributed by atoms with Crippen LogP contribution in [0.15, 0.2) is 41.4 Å². The fourth-order valence-electron chi connectivity index (χ4n) is 2.96. The highest BCUT2D eigenvalue weighted by molar-refractivity contribution is 14.0. The van der Waals surface area contributed by atoms with Gasteiger partial charge in [0.25, 0.3) is 0 Å². The molecule has 0 aromatic heterocycles. The number of hydrogen-bond donors (Lipinski definition) is 2. The van der Waals surface area contributed by atoms with Gasteiger partial charge in [0.2, 0.25) is 0 Å². The summed E-state index contributed by atoms with van der Waals surface area (Å²) in [6.07, 6.45) is 0. The molecule has 0 saturated heterocycles. The first-order valence-electron chi connectivity index (χ1n) is 9.17. The zero-order chi connectivity index (χ0) is 21.4. The molecule has 9 heteroatoms. The van der Waals surface area contributed by atoms with Crippen LogP contribution in [0.5, 0.6) is 11.5 Å². The number of nitrogens with one attached hydrogen (secondary N) is 2. The molecule has 0 spiro atoms. The number of halogens is 3. The van der Waals surface area contributed by atoms with E-state index in [0.29, 0.717) is 24.0 Å². The van der Waals surface area contributed by atoms with Crippen molar-refractivity contribution in [1.82, 2.24) is 15.5 Å². The van der Waals surface area contributed by atoms with Crippen LogP contribution in [0, 0.1) is 11.6 Å². The number of nitrogens with zero attached hydrogens (tertiary/aromatic N) is 2. The van der Waals surface area contributed by atoms with Gasteiger partial charge in [0.15, 0.2) is 5.96 Å². The topological polar surface area (TPSA) is 58.1 Å². The van der Waals surface area contributed by atoms with E-state index in [9.17, 15) is 8.78 Å². The Morgan fingerprint density at radius 2 is 1.73 bits per heavy atom. The first-order chi connectivity index (χ1) is 13.9. The molecule has 0 amide bonds. The minimum Gasteiger partial charge on any atom is -0.497 e. The van der Waals surface area contributed by atoms with E-state index in [-0.39, 0.29) is 36.1 Å². The maximum atomic E-state index is 14.2. The molecule has 0 saturated carbocycles. The van der Waals surface area contributed by atoms with Crippen LogP contribution >= 0.6 is 24.0 Å². The molecule has 0 radical (unpaired) electrons. The summed E-state index contributed by atoms with van der Waals surface area (Å²) in [5, 5.41) is 6.32. The molecule has 6 nitrogen and oxygen atoms in total. The summed E-state index contributed by atoms with van der Waals surface area (Å²) in [6, 6.07) is 8.92. The van der Waals surface area contributed by atoms with Crippen molar-refractivity contribution in [3.8, 4) is 11.5 Å². The van der Waals surface area contributed by atoms with E-state index in [2.05, 4.69) is 15.6 Å². The Bertz CT molecular complexity index is 830. The summed E-state index contributed by atoms with van der Waals surface area (Å²) < 4.78 is 39.0. The molecule has 0 aliphatic heterocycles. The SMILES string of the molecule is CN=C(NCc1ccc(OC)cc1OC)NCC(c1c(F)cccc1F)N(C)C.I. The van der Waals surface area contributed by atoms with Crippen molar-refractivity contribution in [1.29, 1.82) is 0 Å². The average molecular weight is 534 g/mol. The molecule has 0 fully saturated rings. The van der Waals surface area contributed by atoms with E-state index in [4.69, 9.17) is 9.47 Å². The highest BCUT2D eigenvalue weighted by atomic mass is 127. The largest absolute Gasteiger partial charge is 0.497 e. The Morgan fingerprint density at radius 3 is 2.27 bits per heavy atom. The maximum absolute atomic E-state index is 14.2. The van der Waals surface area contributed by atoms with E-state index in [1.54, 1.807) is 46.3 Å². The molecule has 166 valence electrons. The van der Waals surface area contributed by atoms with Crippen LogP contribution in [0.2, 0.25) is 0 Å². The molecule has 30 heavy (non-hydrogen) atoms. The molecule has 1 atom stereocenters. The third kappa shape index (κ3) is 6.69. The summed E-state index contributed by atoms with van der Waals surface area (Å²) in [5.41, 5.74) is 0.942. The molecule has 2 aromatic rings. The van der Waals surface area contributed by atoms with Crippen molar-refractivity contribution in [3.63, 3.8) is 0 Å². The first kappa shape index (κ1) is 25.9. The summed E-state index contributed by atoms with van der Waals surface area (Å²) >= 11 is 0. The first-order valence-corrected chi connectivity index (χ1v) is 9.17. The second-order valence-corrected chi connectivity index (χ2v) is 6.60. The summed E-state index contributed by atoms with van der Waals surface area (Å²) in [7, 11) is 8.37. The van der Waals surface area contributed by atoms with E-state index in [0.717, 1.165) is 5.56 Å². The number of likely N-dealkylation sites (N-methyl/N-ethyl adjacent to an activating group) is 1. The van der Waals surface area contributed by atoms with Crippen molar-refractivity contribution in [2.45, 2.75) is 12.6 Å². The Labute approximate surface area is 193 Å². The van der Waals surface area contributed by atoms with Gasteiger partial charge in [0.05, 0.1) is 20.3 Å². The Kier molecular flexibility index (Phi) is 10.8. The molecular formula is C21H29F2IN4O2. The van der Waals surface area contributed by atoms with Crippen LogP contribution in [-0.2, 0) is 6.54 Å². The molecular weight excluding hydrogens is 505 g/mol. The van der Waals surface area contributed by atoms with Crippen LogP contribution < -0.4 is 20.1 Å². The third-order valence-electron chi connectivity index (χ3n) is 4.58. The molecule has 1 unspecified atom stereocenters. The van der Waals surface area contributed by atoms with Crippen LogP contribution in [-0.4, -0.2) is 52.8 Å². The van der Waals surface area contributed by atoms with Crippen molar-refractivity contribution in [3.05, 3.63) is 59.2 Å². The van der Waals surface area contributed by atoms with Gasteiger partial charge in [-0.1, -0.05) is 6.07 Å². The molecule has 2 aromatic carbocycles.